The average molecular weight is 313 g/mol. The van der Waals surface area contributed by atoms with Gasteiger partial charge in [-0.2, -0.15) is 5.26 Å². The molecule has 7 heteroatoms. The topological polar surface area (TPSA) is 45.9 Å². The quantitative estimate of drug-likeness (QED) is 0.791. The zero-order valence-corrected chi connectivity index (χ0v) is 11.2. The van der Waals surface area contributed by atoms with Crippen molar-refractivity contribution in [3.05, 3.63) is 47.2 Å². The number of nitrogens with zero attached hydrogens (tertiary/aromatic N) is 2. The highest BCUT2D eigenvalue weighted by molar-refractivity contribution is 6.32. The summed E-state index contributed by atoms with van der Waals surface area (Å²) in [6, 6.07) is 10.6. The van der Waals surface area contributed by atoms with Crippen molar-refractivity contribution in [1.29, 1.82) is 5.26 Å². The van der Waals surface area contributed by atoms with Gasteiger partial charge < -0.3 is 4.74 Å². The summed E-state index contributed by atoms with van der Waals surface area (Å²) in [5.41, 5.74) is 1.40. The summed E-state index contributed by atoms with van der Waals surface area (Å²) in [7, 11) is 0. The summed E-state index contributed by atoms with van der Waals surface area (Å²) < 4.78 is 40.5. The van der Waals surface area contributed by atoms with Gasteiger partial charge in [-0.25, -0.2) is 4.98 Å². The van der Waals surface area contributed by atoms with E-state index in [9.17, 15) is 13.2 Å². The fourth-order valence-corrected chi connectivity index (χ4v) is 2.01. The van der Waals surface area contributed by atoms with Crippen molar-refractivity contribution in [2.45, 2.75) is 12.8 Å². The molecule has 0 atom stereocenters. The maximum Gasteiger partial charge on any atom is 0.573 e. The van der Waals surface area contributed by atoms with Crippen molar-refractivity contribution in [2.24, 2.45) is 0 Å². The van der Waals surface area contributed by atoms with Crippen molar-refractivity contribution in [2.75, 3.05) is 0 Å². The Morgan fingerprint density at radius 1 is 1.24 bits per heavy atom. The van der Waals surface area contributed by atoms with Crippen LogP contribution in [0.15, 0.2) is 36.4 Å². The molecule has 21 heavy (non-hydrogen) atoms. The van der Waals surface area contributed by atoms with Gasteiger partial charge in [0.25, 0.3) is 0 Å². The van der Waals surface area contributed by atoms with Crippen LogP contribution in [0.3, 0.4) is 0 Å². The average Bonchev–Trinajstić information content (AvgIpc) is 2.37. The van der Waals surface area contributed by atoms with Crippen molar-refractivity contribution >= 4 is 11.6 Å². The smallest absolute Gasteiger partial charge is 0.406 e. The van der Waals surface area contributed by atoms with Crippen LogP contribution in [0.1, 0.15) is 5.69 Å². The van der Waals surface area contributed by atoms with E-state index in [4.69, 9.17) is 16.9 Å². The van der Waals surface area contributed by atoms with Crippen LogP contribution in [-0.2, 0) is 6.42 Å². The molecule has 0 amide bonds. The van der Waals surface area contributed by atoms with Gasteiger partial charge in [0, 0.05) is 5.56 Å². The van der Waals surface area contributed by atoms with E-state index in [2.05, 4.69) is 9.72 Å². The van der Waals surface area contributed by atoms with Crippen LogP contribution in [0, 0.1) is 11.3 Å². The number of alkyl halides is 3. The fourth-order valence-electron chi connectivity index (χ4n) is 1.73. The van der Waals surface area contributed by atoms with Crippen molar-refractivity contribution in [3.63, 3.8) is 0 Å². The van der Waals surface area contributed by atoms with E-state index in [1.807, 2.05) is 6.07 Å². The van der Waals surface area contributed by atoms with E-state index in [-0.39, 0.29) is 17.3 Å². The monoisotopic (exact) mass is 312 g/mol. The predicted molar refractivity (Wildman–Crippen MR) is 70.7 cm³/mol. The minimum Gasteiger partial charge on any atom is -0.406 e. The molecule has 0 saturated carbocycles. The number of pyridine rings is 1. The molecule has 0 spiro atoms. The van der Waals surface area contributed by atoms with Crippen molar-refractivity contribution in [1.82, 2.24) is 4.98 Å². The minimum absolute atomic E-state index is 0.108. The second kappa shape index (κ2) is 6.02. The third-order valence-electron chi connectivity index (χ3n) is 2.55. The molecular weight excluding hydrogens is 305 g/mol. The number of ether oxygens (including phenoxy) is 1. The molecule has 0 aliphatic heterocycles. The number of nitriles is 1. The Hall–Kier alpha value is -2.26. The molecule has 1 aromatic carbocycles. The van der Waals surface area contributed by atoms with Crippen LogP contribution in [0.2, 0.25) is 5.15 Å². The van der Waals surface area contributed by atoms with Gasteiger partial charge in [0.2, 0.25) is 0 Å². The molecule has 0 fully saturated rings. The molecule has 0 bridgehead atoms. The molecule has 0 aliphatic carbocycles. The van der Waals surface area contributed by atoms with Gasteiger partial charge in [-0.1, -0.05) is 23.7 Å². The zero-order valence-electron chi connectivity index (χ0n) is 10.5. The molecule has 0 unspecified atom stereocenters. The molecule has 0 aliphatic rings. The van der Waals surface area contributed by atoms with Crippen LogP contribution in [0.4, 0.5) is 13.2 Å². The Labute approximate surface area is 123 Å². The predicted octanol–water partition coefficient (Wildman–Crippen LogP) is 4.37. The van der Waals surface area contributed by atoms with Gasteiger partial charge in [0.05, 0.1) is 18.2 Å². The standard InChI is InChI=1S/C14H8ClF3N2O/c15-13-12(5-4-10(20-13)6-7-19)9-2-1-3-11(8-9)21-14(16,17)18/h1-5,8H,6H2. The molecule has 1 heterocycles. The molecule has 2 aromatic rings. The SMILES string of the molecule is N#CCc1ccc(-c2cccc(OC(F)(F)F)c2)c(Cl)n1. The van der Waals surface area contributed by atoms with Crippen LogP contribution in [-0.4, -0.2) is 11.3 Å². The Kier molecular flexibility index (Phi) is 4.34. The van der Waals surface area contributed by atoms with Crippen LogP contribution in [0.5, 0.6) is 5.75 Å². The van der Waals surface area contributed by atoms with E-state index >= 15 is 0 Å². The summed E-state index contributed by atoms with van der Waals surface area (Å²) in [4.78, 5) is 4.02. The molecule has 0 radical (unpaired) electrons. The van der Waals surface area contributed by atoms with Gasteiger partial charge >= 0.3 is 6.36 Å². The van der Waals surface area contributed by atoms with Gasteiger partial charge in [-0.15, -0.1) is 13.2 Å². The van der Waals surface area contributed by atoms with E-state index in [0.717, 1.165) is 0 Å². The number of halogens is 4. The third kappa shape index (κ3) is 4.10. The highest BCUT2D eigenvalue weighted by Crippen LogP contribution is 2.31. The lowest BCUT2D eigenvalue weighted by atomic mass is 10.1. The molecular formula is C14H8ClF3N2O. The first-order valence-corrected chi connectivity index (χ1v) is 6.15. The van der Waals surface area contributed by atoms with Crippen LogP contribution in [0.25, 0.3) is 11.1 Å². The molecule has 0 N–H and O–H groups in total. The Morgan fingerprint density at radius 2 is 2.00 bits per heavy atom. The van der Waals surface area contributed by atoms with Crippen LogP contribution < -0.4 is 4.74 Å². The van der Waals surface area contributed by atoms with Crippen molar-refractivity contribution < 1.29 is 17.9 Å². The first-order valence-electron chi connectivity index (χ1n) is 5.77. The number of hydrogen-bond acceptors (Lipinski definition) is 3. The third-order valence-corrected chi connectivity index (χ3v) is 2.83. The zero-order chi connectivity index (χ0) is 15.5. The first-order chi connectivity index (χ1) is 9.89. The second-order valence-electron chi connectivity index (χ2n) is 4.05. The molecule has 3 nitrogen and oxygen atoms in total. The number of hydrogen-bond donors (Lipinski definition) is 0. The normalized spacial score (nSPS) is 11.0. The highest BCUT2D eigenvalue weighted by Gasteiger charge is 2.31. The molecule has 0 saturated heterocycles. The molecule has 2 rings (SSSR count). The molecule has 108 valence electrons. The maximum atomic E-state index is 12.2. The van der Waals surface area contributed by atoms with Gasteiger partial charge in [0.1, 0.15) is 10.9 Å². The van der Waals surface area contributed by atoms with Crippen molar-refractivity contribution in [3.8, 4) is 22.9 Å². The lowest BCUT2D eigenvalue weighted by Crippen LogP contribution is -2.17. The van der Waals surface area contributed by atoms with Gasteiger partial charge in [0.15, 0.2) is 0 Å². The lowest BCUT2D eigenvalue weighted by Gasteiger charge is -2.11. The number of aromatic nitrogens is 1. The second-order valence-corrected chi connectivity index (χ2v) is 4.41. The summed E-state index contributed by atoms with van der Waals surface area (Å²) in [6.07, 6.45) is -4.64. The Bertz CT molecular complexity index is 695. The summed E-state index contributed by atoms with van der Waals surface area (Å²) in [5, 5.41) is 8.70. The van der Waals surface area contributed by atoms with Gasteiger partial charge in [-0.3, -0.25) is 0 Å². The number of benzene rings is 1. The van der Waals surface area contributed by atoms with E-state index in [1.54, 1.807) is 18.2 Å². The summed E-state index contributed by atoms with van der Waals surface area (Å²) >= 11 is 6.00. The van der Waals surface area contributed by atoms with E-state index in [1.165, 1.54) is 18.2 Å². The fraction of sp³-hybridized carbons (Fsp3) is 0.143. The minimum atomic E-state index is -4.75. The molecule has 1 aromatic heterocycles. The first kappa shape index (κ1) is 15.1. The maximum absolute atomic E-state index is 12.2. The Morgan fingerprint density at radius 3 is 2.62 bits per heavy atom. The van der Waals surface area contributed by atoms with Gasteiger partial charge in [-0.05, 0) is 29.8 Å². The van der Waals surface area contributed by atoms with E-state index < -0.39 is 6.36 Å². The largest absolute Gasteiger partial charge is 0.573 e. The highest BCUT2D eigenvalue weighted by atomic mass is 35.5. The van der Waals surface area contributed by atoms with E-state index in [0.29, 0.717) is 16.8 Å². The number of rotatable bonds is 3. The summed E-state index contributed by atoms with van der Waals surface area (Å²) in [5.74, 6) is -0.336. The lowest BCUT2D eigenvalue weighted by molar-refractivity contribution is -0.274. The van der Waals surface area contributed by atoms with Crippen LogP contribution >= 0.6 is 11.6 Å². The summed E-state index contributed by atoms with van der Waals surface area (Å²) in [6.45, 7) is 0. The Balaban J connectivity index is 2.34.